The van der Waals surface area contributed by atoms with Crippen molar-refractivity contribution < 1.29 is 9.53 Å². The summed E-state index contributed by atoms with van der Waals surface area (Å²) in [6.45, 7) is 8.51. The molecule has 0 aromatic carbocycles. The molecule has 20 heavy (non-hydrogen) atoms. The number of aromatic amines is 1. The number of amides is 1. The zero-order chi connectivity index (χ0) is 14.5. The first-order chi connectivity index (χ1) is 9.61. The van der Waals surface area contributed by atoms with E-state index in [1.165, 1.54) is 12.4 Å². The zero-order valence-electron chi connectivity index (χ0n) is 11.6. The summed E-state index contributed by atoms with van der Waals surface area (Å²) in [5.41, 5.74) is 1.58. The van der Waals surface area contributed by atoms with Gasteiger partial charge in [-0.25, -0.2) is 9.97 Å². The quantitative estimate of drug-likeness (QED) is 0.787. The predicted molar refractivity (Wildman–Crippen MR) is 76.3 cm³/mol. The Hall–Kier alpha value is -2.37. The molecule has 0 aliphatic carbocycles. The SMILES string of the molecule is C=CC(=O)NCc1c[nH]c2ncnc(OCC(C)C)c12. The number of H-pyrrole nitrogens is 1. The van der Waals surface area contributed by atoms with Crippen molar-refractivity contribution in [2.45, 2.75) is 20.4 Å². The monoisotopic (exact) mass is 274 g/mol. The molecule has 0 fully saturated rings. The van der Waals surface area contributed by atoms with Gasteiger partial charge in [-0.2, -0.15) is 0 Å². The Morgan fingerprint density at radius 3 is 3.05 bits per heavy atom. The summed E-state index contributed by atoms with van der Waals surface area (Å²) in [5, 5.41) is 3.53. The maximum absolute atomic E-state index is 11.2. The number of ether oxygens (including phenoxy) is 1. The molecule has 2 aromatic heterocycles. The van der Waals surface area contributed by atoms with Crippen LogP contribution in [0.1, 0.15) is 19.4 Å². The molecule has 2 rings (SSSR count). The van der Waals surface area contributed by atoms with Crippen molar-refractivity contribution in [2.24, 2.45) is 5.92 Å². The van der Waals surface area contributed by atoms with Gasteiger partial charge < -0.3 is 15.0 Å². The van der Waals surface area contributed by atoms with Crippen LogP contribution in [0.15, 0.2) is 25.2 Å². The normalized spacial score (nSPS) is 10.8. The van der Waals surface area contributed by atoms with Crippen molar-refractivity contribution in [3.8, 4) is 5.88 Å². The molecule has 6 nitrogen and oxygen atoms in total. The highest BCUT2D eigenvalue weighted by Crippen LogP contribution is 2.25. The van der Waals surface area contributed by atoms with Crippen molar-refractivity contribution in [2.75, 3.05) is 6.61 Å². The molecule has 2 heterocycles. The topological polar surface area (TPSA) is 79.9 Å². The lowest BCUT2D eigenvalue weighted by Crippen LogP contribution is -2.19. The van der Waals surface area contributed by atoms with Gasteiger partial charge in [0.05, 0.1) is 12.0 Å². The molecule has 0 atom stereocenters. The van der Waals surface area contributed by atoms with Crippen LogP contribution in [-0.4, -0.2) is 27.5 Å². The van der Waals surface area contributed by atoms with E-state index in [2.05, 4.69) is 40.7 Å². The highest BCUT2D eigenvalue weighted by Gasteiger charge is 2.13. The van der Waals surface area contributed by atoms with E-state index in [4.69, 9.17) is 4.74 Å². The fraction of sp³-hybridized carbons (Fsp3) is 0.357. The summed E-state index contributed by atoms with van der Waals surface area (Å²) in [7, 11) is 0. The lowest BCUT2D eigenvalue weighted by Gasteiger charge is -2.09. The standard InChI is InChI=1S/C14H18N4O2/c1-4-11(19)15-5-10-6-16-13-12(10)14(18-8-17-13)20-7-9(2)3/h4,6,8-9H,1,5,7H2,2-3H3,(H,15,19)(H,16,17,18). The molecule has 0 saturated carbocycles. The van der Waals surface area contributed by atoms with E-state index in [-0.39, 0.29) is 5.91 Å². The molecular formula is C14H18N4O2. The van der Waals surface area contributed by atoms with E-state index in [1.54, 1.807) is 6.20 Å². The van der Waals surface area contributed by atoms with Gasteiger partial charge >= 0.3 is 0 Å². The number of fused-ring (bicyclic) bond motifs is 1. The molecule has 0 bridgehead atoms. The Kier molecular flexibility index (Phi) is 4.34. The van der Waals surface area contributed by atoms with Gasteiger partial charge in [0.1, 0.15) is 12.0 Å². The van der Waals surface area contributed by atoms with Gasteiger partial charge in [0.25, 0.3) is 0 Å². The van der Waals surface area contributed by atoms with Gasteiger partial charge in [-0.1, -0.05) is 20.4 Å². The third-order valence-corrected chi connectivity index (χ3v) is 2.71. The Bertz CT molecular complexity index is 619. The zero-order valence-corrected chi connectivity index (χ0v) is 11.6. The molecule has 1 amide bonds. The number of hydrogen-bond acceptors (Lipinski definition) is 4. The highest BCUT2D eigenvalue weighted by atomic mass is 16.5. The maximum atomic E-state index is 11.2. The molecule has 0 saturated heterocycles. The number of nitrogens with one attached hydrogen (secondary N) is 2. The number of carbonyl (C=O) groups is 1. The summed E-state index contributed by atoms with van der Waals surface area (Å²) in [6, 6.07) is 0. The van der Waals surface area contributed by atoms with Crippen LogP contribution < -0.4 is 10.1 Å². The average molecular weight is 274 g/mol. The minimum absolute atomic E-state index is 0.221. The number of nitrogens with zero attached hydrogens (tertiary/aromatic N) is 2. The second kappa shape index (κ2) is 6.18. The third-order valence-electron chi connectivity index (χ3n) is 2.71. The fourth-order valence-electron chi connectivity index (χ4n) is 1.74. The highest BCUT2D eigenvalue weighted by molar-refractivity contribution is 5.88. The average Bonchev–Trinajstić information content (AvgIpc) is 2.86. The van der Waals surface area contributed by atoms with E-state index in [0.717, 1.165) is 10.9 Å². The van der Waals surface area contributed by atoms with Crippen molar-refractivity contribution in [3.63, 3.8) is 0 Å². The number of hydrogen-bond donors (Lipinski definition) is 2. The molecule has 0 aliphatic rings. The first-order valence-corrected chi connectivity index (χ1v) is 6.45. The van der Waals surface area contributed by atoms with Gasteiger partial charge in [0, 0.05) is 18.3 Å². The van der Waals surface area contributed by atoms with Crippen molar-refractivity contribution in [1.82, 2.24) is 20.3 Å². The summed E-state index contributed by atoms with van der Waals surface area (Å²) >= 11 is 0. The minimum Gasteiger partial charge on any atom is -0.477 e. The van der Waals surface area contributed by atoms with E-state index < -0.39 is 0 Å². The van der Waals surface area contributed by atoms with E-state index >= 15 is 0 Å². The summed E-state index contributed by atoms with van der Waals surface area (Å²) < 4.78 is 5.71. The maximum Gasteiger partial charge on any atom is 0.243 e. The van der Waals surface area contributed by atoms with E-state index in [1.807, 2.05) is 0 Å². The smallest absolute Gasteiger partial charge is 0.243 e. The molecular weight excluding hydrogens is 256 g/mol. The summed E-state index contributed by atoms with van der Waals surface area (Å²) in [4.78, 5) is 22.6. The molecule has 0 aliphatic heterocycles. The minimum atomic E-state index is -0.221. The molecule has 2 aromatic rings. The Balaban J connectivity index is 2.26. The molecule has 2 N–H and O–H groups in total. The Labute approximate surface area is 117 Å². The van der Waals surface area contributed by atoms with Gasteiger partial charge in [-0.05, 0) is 12.0 Å². The molecule has 0 spiro atoms. The van der Waals surface area contributed by atoms with Gasteiger partial charge in [-0.15, -0.1) is 0 Å². The first kappa shape index (κ1) is 14.0. The lowest BCUT2D eigenvalue weighted by molar-refractivity contribution is -0.116. The number of rotatable bonds is 6. The number of carbonyl (C=O) groups excluding carboxylic acids is 1. The summed E-state index contributed by atoms with van der Waals surface area (Å²) in [5.74, 6) is 0.719. The molecule has 106 valence electrons. The Morgan fingerprint density at radius 2 is 2.35 bits per heavy atom. The first-order valence-electron chi connectivity index (χ1n) is 6.45. The van der Waals surface area contributed by atoms with Crippen LogP contribution in [0, 0.1) is 5.92 Å². The molecule has 6 heteroatoms. The van der Waals surface area contributed by atoms with E-state index in [0.29, 0.717) is 30.6 Å². The van der Waals surface area contributed by atoms with E-state index in [9.17, 15) is 4.79 Å². The lowest BCUT2D eigenvalue weighted by atomic mass is 10.2. The predicted octanol–water partition coefficient (Wildman–Crippen LogP) is 1.79. The van der Waals surface area contributed by atoms with Crippen LogP contribution in [0.25, 0.3) is 11.0 Å². The largest absolute Gasteiger partial charge is 0.477 e. The molecule has 0 radical (unpaired) electrons. The third kappa shape index (κ3) is 3.14. The van der Waals surface area contributed by atoms with Crippen LogP contribution in [0.2, 0.25) is 0 Å². The molecule has 0 unspecified atom stereocenters. The van der Waals surface area contributed by atoms with Crippen LogP contribution in [-0.2, 0) is 11.3 Å². The number of aromatic nitrogens is 3. The van der Waals surface area contributed by atoms with Gasteiger partial charge in [0.15, 0.2) is 0 Å². The van der Waals surface area contributed by atoms with Crippen LogP contribution in [0.3, 0.4) is 0 Å². The Morgan fingerprint density at radius 1 is 1.55 bits per heavy atom. The van der Waals surface area contributed by atoms with Crippen LogP contribution in [0.5, 0.6) is 5.88 Å². The summed E-state index contributed by atoms with van der Waals surface area (Å²) in [6.07, 6.45) is 4.49. The second-order valence-corrected chi connectivity index (χ2v) is 4.84. The van der Waals surface area contributed by atoms with Crippen molar-refractivity contribution >= 4 is 16.9 Å². The van der Waals surface area contributed by atoms with Gasteiger partial charge in [-0.3, -0.25) is 4.79 Å². The second-order valence-electron chi connectivity index (χ2n) is 4.84. The van der Waals surface area contributed by atoms with Gasteiger partial charge in [0.2, 0.25) is 11.8 Å². The van der Waals surface area contributed by atoms with Crippen molar-refractivity contribution in [3.05, 3.63) is 30.7 Å². The van der Waals surface area contributed by atoms with Crippen LogP contribution in [0.4, 0.5) is 0 Å². The van der Waals surface area contributed by atoms with Crippen molar-refractivity contribution in [1.29, 1.82) is 0 Å². The fourth-order valence-corrected chi connectivity index (χ4v) is 1.74. The van der Waals surface area contributed by atoms with Crippen LogP contribution >= 0.6 is 0 Å².